The lowest BCUT2D eigenvalue weighted by atomic mass is 9.89. The van der Waals surface area contributed by atoms with Crippen LogP contribution in [0.3, 0.4) is 0 Å². The van der Waals surface area contributed by atoms with E-state index in [2.05, 4.69) is 65.7 Å². The molecule has 0 aliphatic carbocycles. The van der Waals surface area contributed by atoms with Crippen LogP contribution in [0.2, 0.25) is 0 Å². The normalized spacial score (nSPS) is 19.2. The van der Waals surface area contributed by atoms with Crippen LogP contribution < -0.4 is 0 Å². The summed E-state index contributed by atoms with van der Waals surface area (Å²) in [6, 6.07) is 8.39. The number of piperidine rings is 1. The number of aliphatic imine (C=N–C) groups is 1. The first-order valence-electron chi connectivity index (χ1n) is 12.9. The third-order valence-corrected chi connectivity index (χ3v) is 7.54. The predicted octanol–water partition coefficient (Wildman–Crippen LogP) is 5.76. The highest BCUT2D eigenvalue weighted by Crippen LogP contribution is 2.31. The molecule has 1 fully saturated rings. The summed E-state index contributed by atoms with van der Waals surface area (Å²) in [5.41, 5.74) is 3.44. The summed E-state index contributed by atoms with van der Waals surface area (Å²) in [6.45, 7) is 14.7. The summed E-state index contributed by atoms with van der Waals surface area (Å²) < 4.78 is 5.95. The molecule has 1 atom stereocenters. The van der Waals surface area contributed by atoms with Crippen molar-refractivity contribution in [1.82, 2.24) is 9.80 Å². The average molecular weight is 458 g/mol. The van der Waals surface area contributed by atoms with Gasteiger partial charge < -0.3 is 19.6 Å². The molecule has 0 spiro atoms. The van der Waals surface area contributed by atoms with E-state index < -0.39 is 0 Å². The number of nitrogens with zero attached hydrogens (tertiary/aromatic N) is 3. The largest absolute Gasteiger partial charge is 0.400 e. The molecule has 0 radical (unpaired) electrons. The average Bonchev–Trinajstić information content (AvgIpc) is 2.87. The van der Waals surface area contributed by atoms with Crippen molar-refractivity contribution in [1.29, 1.82) is 0 Å². The van der Waals surface area contributed by atoms with Gasteiger partial charge in [0.15, 0.2) is 0 Å². The number of fused-ring (bicyclic) bond motifs is 1. The van der Waals surface area contributed by atoms with Crippen LogP contribution in [0.5, 0.6) is 0 Å². The molecule has 2 heterocycles. The first-order chi connectivity index (χ1) is 16.1. The van der Waals surface area contributed by atoms with E-state index in [1.54, 1.807) is 0 Å². The van der Waals surface area contributed by atoms with Crippen LogP contribution in [-0.4, -0.2) is 73.7 Å². The summed E-state index contributed by atoms with van der Waals surface area (Å²) in [6.07, 6.45) is 11.6. The molecule has 1 saturated heterocycles. The van der Waals surface area contributed by atoms with Crippen LogP contribution >= 0.6 is 0 Å². The maximum absolute atomic E-state index is 7.00. The van der Waals surface area contributed by atoms with E-state index in [1.807, 2.05) is 7.11 Å². The summed E-state index contributed by atoms with van der Waals surface area (Å²) >= 11 is 0. The van der Waals surface area contributed by atoms with Crippen LogP contribution in [0, 0.1) is 5.92 Å². The minimum Gasteiger partial charge on any atom is -0.400 e. The third-order valence-electron chi connectivity index (χ3n) is 7.54. The quantitative estimate of drug-likeness (QED) is 0.485. The number of benzene rings is 1. The zero-order chi connectivity index (χ0) is 24.1. The van der Waals surface area contributed by atoms with Gasteiger partial charge in [-0.2, -0.15) is 0 Å². The van der Waals surface area contributed by atoms with Crippen molar-refractivity contribution in [3.8, 4) is 0 Å². The zero-order valence-corrected chi connectivity index (χ0v) is 21.6. The molecule has 5 nitrogen and oxygen atoms in total. The maximum atomic E-state index is 7.00. The molecular weight excluding hydrogens is 410 g/mol. The van der Waals surface area contributed by atoms with Crippen molar-refractivity contribution in [2.24, 2.45) is 10.9 Å². The number of methoxy groups -OCH3 is 1. The van der Waals surface area contributed by atoms with Gasteiger partial charge in [-0.15, -0.1) is 0 Å². The van der Waals surface area contributed by atoms with Crippen LogP contribution in [0.4, 0.5) is 5.69 Å². The molecule has 2 aliphatic rings. The zero-order valence-electron chi connectivity index (χ0n) is 21.6. The molecule has 0 amide bonds. The fourth-order valence-electron chi connectivity index (χ4n) is 5.24. The van der Waals surface area contributed by atoms with E-state index in [1.165, 1.54) is 57.3 Å². The summed E-state index contributed by atoms with van der Waals surface area (Å²) in [5.74, 6) is 0.826. The molecule has 0 saturated carbocycles. The molecule has 33 heavy (non-hydrogen) atoms. The fraction of sp³-hybridized carbons (Fsp3) is 0.679. The van der Waals surface area contributed by atoms with Crippen molar-refractivity contribution < 1.29 is 9.84 Å². The Labute approximate surface area is 202 Å². The Balaban J connectivity index is 0.00000187. The first-order valence-corrected chi connectivity index (χ1v) is 12.9. The van der Waals surface area contributed by atoms with Gasteiger partial charge in [0, 0.05) is 57.7 Å². The van der Waals surface area contributed by atoms with Crippen LogP contribution in [0.15, 0.2) is 35.8 Å². The van der Waals surface area contributed by atoms with Crippen LogP contribution in [-0.2, 0) is 4.74 Å². The van der Waals surface area contributed by atoms with Crippen LogP contribution in [0.1, 0.15) is 70.8 Å². The number of aliphatic hydroxyl groups excluding tert-OH is 1. The van der Waals surface area contributed by atoms with Crippen molar-refractivity contribution in [2.45, 2.75) is 70.8 Å². The van der Waals surface area contributed by atoms with E-state index in [-0.39, 0.29) is 5.60 Å². The lowest BCUT2D eigenvalue weighted by molar-refractivity contribution is -0.0358. The van der Waals surface area contributed by atoms with Crippen molar-refractivity contribution in [3.63, 3.8) is 0 Å². The SMILES string of the molecule is C=C1c2ccccc2N=CCCN1CCC1CCN(CCC(CC)(CCC)OC)CC1.CO. The monoisotopic (exact) mass is 457 g/mol. The second kappa shape index (κ2) is 14.5. The highest BCUT2D eigenvalue weighted by molar-refractivity contribution is 5.77. The Morgan fingerprint density at radius 1 is 1.09 bits per heavy atom. The molecule has 0 aromatic heterocycles. The Hall–Kier alpha value is -1.69. The van der Waals surface area contributed by atoms with Crippen molar-refractivity contribution >= 4 is 17.6 Å². The van der Waals surface area contributed by atoms with E-state index in [9.17, 15) is 0 Å². The number of hydrogen-bond donors (Lipinski definition) is 1. The molecule has 1 N–H and O–H groups in total. The Kier molecular flexibility index (Phi) is 12.1. The highest BCUT2D eigenvalue weighted by atomic mass is 16.5. The summed E-state index contributed by atoms with van der Waals surface area (Å²) in [5, 5.41) is 7.00. The molecule has 186 valence electrons. The number of hydrogen-bond acceptors (Lipinski definition) is 5. The Morgan fingerprint density at radius 3 is 2.48 bits per heavy atom. The Bertz CT molecular complexity index is 722. The molecule has 3 rings (SSSR count). The molecule has 5 heteroatoms. The first kappa shape index (κ1) is 27.6. The number of para-hydroxylation sites is 1. The van der Waals surface area contributed by atoms with Crippen LogP contribution in [0.25, 0.3) is 5.70 Å². The van der Waals surface area contributed by atoms with Gasteiger partial charge in [-0.05, 0) is 63.6 Å². The minimum absolute atomic E-state index is 0.0804. The standard InChI is InChI=1S/C27H43N3O.CH4O/c1-5-15-27(6-2,31-4)16-22-29-19-12-24(13-20-29)14-21-30-18-9-17-28-26-11-8-7-10-25(26)23(30)3;1-2/h7-8,10-11,17,24H,3,5-6,9,12-16,18-22H2,1-2,4H3;2H,1H3. The van der Waals surface area contributed by atoms with Gasteiger partial charge in [0.25, 0.3) is 0 Å². The van der Waals surface area contributed by atoms with Crippen molar-refractivity contribution in [3.05, 3.63) is 36.4 Å². The molecule has 1 unspecified atom stereocenters. The number of ether oxygens (including phenoxy) is 1. The van der Waals surface area contributed by atoms with E-state index in [0.29, 0.717) is 0 Å². The fourth-order valence-corrected chi connectivity index (χ4v) is 5.24. The smallest absolute Gasteiger partial charge is 0.0718 e. The maximum Gasteiger partial charge on any atom is 0.0718 e. The molecule has 1 aromatic carbocycles. The van der Waals surface area contributed by atoms with E-state index >= 15 is 0 Å². The number of rotatable bonds is 10. The van der Waals surface area contributed by atoms with Crippen molar-refractivity contribution in [2.75, 3.05) is 46.9 Å². The number of likely N-dealkylation sites (tertiary alicyclic amines) is 1. The lowest BCUT2D eigenvalue weighted by Gasteiger charge is -2.37. The molecule has 2 aliphatic heterocycles. The lowest BCUT2D eigenvalue weighted by Crippen LogP contribution is -2.40. The van der Waals surface area contributed by atoms with E-state index in [0.717, 1.165) is 56.8 Å². The Morgan fingerprint density at radius 2 is 1.82 bits per heavy atom. The topological polar surface area (TPSA) is 48.3 Å². The van der Waals surface area contributed by atoms with Gasteiger partial charge in [0.2, 0.25) is 0 Å². The van der Waals surface area contributed by atoms with Gasteiger partial charge in [-0.25, -0.2) is 0 Å². The second-order valence-electron chi connectivity index (χ2n) is 9.37. The minimum atomic E-state index is 0.0804. The second-order valence-corrected chi connectivity index (χ2v) is 9.37. The van der Waals surface area contributed by atoms with E-state index in [4.69, 9.17) is 9.84 Å². The summed E-state index contributed by atoms with van der Waals surface area (Å²) in [4.78, 5) is 9.77. The molecule has 1 aromatic rings. The summed E-state index contributed by atoms with van der Waals surface area (Å²) in [7, 11) is 2.90. The van der Waals surface area contributed by atoms with Gasteiger partial charge >= 0.3 is 0 Å². The predicted molar refractivity (Wildman–Crippen MR) is 141 cm³/mol. The number of aliphatic hydroxyl groups is 1. The van der Waals surface area contributed by atoms with Gasteiger partial charge in [-0.3, -0.25) is 4.99 Å². The third kappa shape index (κ3) is 7.94. The van der Waals surface area contributed by atoms with Gasteiger partial charge in [0.1, 0.15) is 0 Å². The molecule has 0 bridgehead atoms. The molecular formula is C28H47N3O2. The van der Waals surface area contributed by atoms with Gasteiger partial charge in [-0.1, -0.05) is 45.0 Å². The van der Waals surface area contributed by atoms with Gasteiger partial charge in [0.05, 0.1) is 11.3 Å². The highest BCUT2D eigenvalue weighted by Gasteiger charge is 2.28.